The number of nitrogens with two attached hydrogens (primary N) is 1. The van der Waals surface area contributed by atoms with Crippen LogP contribution in [0.1, 0.15) is 44.7 Å². The van der Waals surface area contributed by atoms with Crippen molar-refractivity contribution < 1.29 is 9.13 Å². The van der Waals surface area contributed by atoms with Gasteiger partial charge in [0.2, 0.25) is 0 Å². The van der Waals surface area contributed by atoms with E-state index in [1.54, 1.807) is 12.1 Å². The summed E-state index contributed by atoms with van der Waals surface area (Å²) < 4.78 is 19.2. The quantitative estimate of drug-likeness (QED) is 0.650. The molecule has 2 atom stereocenters. The zero-order valence-electron chi connectivity index (χ0n) is 11.9. The van der Waals surface area contributed by atoms with Crippen LogP contribution in [-0.4, -0.2) is 7.11 Å². The van der Waals surface area contributed by atoms with Gasteiger partial charge in [-0.2, -0.15) is 0 Å². The number of rotatable bonds is 4. The summed E-state index contributed by atoms with van der Waals surface area (Å²) in [4.78, 5) is 0. The monoisotopic (exact) mass is 266 g/mol. The minimum Gasteiger partial charge on any atom is -0.497 e. The van der Waals surface area contributed by atoms with Gasteiger partial charge in [-0.1, -0.05) is 26.3 Å². The Hall–Kier alpha value is -1.13. The van der Waals surface area contributed by atoms with Gasteiger partial charge in [-0.15, -0.1) is 0 Å². The SMILES string of the molecule is COc1ccc(C(NN)C2CCCC2(C)C)c(F)c1. The highest BCUT2D eigenvalue weighted by molar-refractivity contribution is 5.31. The van der Waals surface area contributed by atoms with Crippen molar-refractivity contribution in [2.24, 2.45) is 17.2 Å². The van der Waals surface area contributed by atoms with Gasteiger partial charge >= 0.3 is 0 Å². The van der Waals surface area contributed by atoms with Crippen LogP contribution in [0.25, 0.3) is 0 Å². The van der Waals surface area contributed by atoms with Crippen molar-refractivity contribution in [3.05, 3.63) is 29.6 Å². The summed E-state index contributed by atoms with van der Waals surface area (Å²) in [7, 11) is 1.53. The third-order valence-electron chi connectivity index (χ3n) is 4.46. The number of hydrogen-bond acceptors (Lipinski definition) is 3. The Kier molecular flexibility index (Phi) is 4.11. The summed E-state index contributed by atoms with van der Waals surface area (Å²) in [6.45, 7) is 4.47. The number of nitrogens with one attached hydrogen (secondary N) is 1. The second kappa shape index (κ2) is 5.47. The summed E-state index contributed by atoms with van der Waals surface area (Å²) in [5, 5.41) is 0. The molecule has 19 heavy (non-hydrogen) atoms. The molecule has 4 heteroatoms. The molecule has 0 saturated heterocycles. The Morgan fingerprint density at radius 1 is 1.47 bits per heavy atom. The van der Waals surface area contributed by atoms with E-state index in [9.17, 15) is 4.39 Å². The van der Waals surface area contributed by atoms with Crippen LogP contribution in [0.2, 0.25) is 0 Å². The van der Waals surface area contributed by atoms with E-state index < -0.39 is 0 Å². The first-order chi connectivity index (χ1) is 8.99. The highest BCUT2D eigenvalue weighted by atomic mass is 19.1. The highest BCUT2D eigenvalue weighted by Gasteiger charge is 2.40. The lowest BCUT2D eigenvalue weighted by atomic mass is 9.75. The van der Waals surface area contributed by atoms with Crippen LogP contribution in [0.4, 0.5) is 4.39 Å². The molecule has 1 aromatic rings. The van der Waals surface area contributed by atoms with Crippen LogP contribution in [0.15, 0.2) is 18.2 Å². The maximum atomic E-state index is 14.2. The molecule has 2 rings (SSSR count). The van der Waals surface area contributed by atoms with Crippen LogP contribution in [-0.2, 0) is 0 Å². The summed E-state index contributed by atoms with van der Waals surface area (Å²) in [5.74, 6) is 6.32. The molecule has 1 saturated carbocycles. The minimum absolute atomic E-state index is 0.150. The van der Waals surface area contributed by atoms with Gasteiger partial charge in [-0.3, -0.25) is 11.3 Å². The Morgan fingerprint density at radius 3 is 2.68 bits per heavy atom. The Morgan fingerprint density at radius 2 is 2.21 bits per heavy atom. The Bertz CT molecular complexity index is 448. The van der Waals surface area contributed by atoms with E-state index in [0.29, 0.717) is 17.2 Å². The standard InChI is InChI=1S/C15H23FN2O/c1-15(2)8-4-5-12(15)14(18-17)11-7-6-10(19-3)9-13(11)16/h6-7,9,12,14,18H,4-5,8,17H2,1-3H3. The number of methoxy groups -OCH3 is 1. The van der Waals surface area contributed by atoms with E-state index >= 15 is 0 Å². The van der Waals surface area contributed by atoms with Crippen molar-refractivity contribution in [3.8, 4) is 5.75 Å². The average molecular weight is 266 g/mol. The third-order valence-corrected chi connectivity index (χ3v) is 4.46. The van der Waals surface area contributed by atoms with Crippen LogP contribution in [0.3, 0.4) is 0 Å². The fraction of sp³-hybridized carbons (Fsp3) is 0.600. The number of hydrazine groups is 1. The Labute approximate surface area is 114 Å². The molecular formula is C15H23FN2O. The topological polar surface area (TPSA) is 47.3 Å². The molecule has 0 spiro atoms. The fourth-order valence-corrected chi connectivity index (χ4v) is 3.28. The first-order valence-corrected chi connectivity index (χ1v) is 6.79. The van der Waals surface area contributed by atoms with Gasteiger partial charge in [-0.25, -0.2) is 4.39 Å². The molecule has 0 amide bonds. The molecule has 2 unspecified atom stereocenters. The number of ether oxygens (including phenoxy) is 1. The van der Waals surface area contributed by atoms with Crippen molar-refractivity contribution in [2.75, 3.05) is 7.11 Å². The molecule has 3 N–H and O–H groups in total. The van der Waals surface area contributed by atoms with Gasteiger partial charge in [0.25, 0.3) is 0 Å². The van der Waals surface area contributed by atoms with E-state index in [1.807, 2.05) is 0 Å². The fourth-order valence-electron chi connectivity index (χ4n) is 3.28. The predicted molar refractivity (Wildman–Crippen MR) is 74.1 cm³/mol. The van der Waals surface area contributed by atoms with Gasteiger partial charge in [0.15, 0.2) is 0 Å². The lowest BCUT2D eigenvalue weighted by Gasteiger charge is -2.34. The van der Waals surface area contributed by atoms with Crippen LogP contribution >= 0.6 is 0 Å². The van der Waals surface area contributed by atoms with E-state index in [0.717, 1.165) is 12.8 Å². The third kappa shape index (κ3) is 2.74. The molecule has 106 valence electrons. The largest absolute Gasteiger partial charge is 0.497 e. The minimum atomic E-state index is -0.259. The number of benzene rings is 1. The van der Waals surface area contributed by atoms with Gasteiger partial charge < -0.3 is 4.74 Å². The molecule has 0 aliphatic heterocycles. The molecule has 1 aliphatic carbocycles. The van der Waals surface area contributed by atoms with Gasteiger partial charge in [-0.05, 0) is 30.2 Å². The van der Waals surface area contributed by atoms with Crippen molar-refractivity contribution in [1.29, 1.82) is 0 Å². The van der Waals surface area contributed by atoms with E-state index in [4.69, 9.17) is 10.6 Å². The average Bonchev–Trinajstić information content (AvgIpc) is 2.72. The lowest BCUT2D eigenvalue weighted by Crippen LogP contribution is -2.38. The molecule has 1 aliphatic rings. The van der Waals surface area contributed by atoms with Crippen molar-refractivity contribution in [3.63, 3.8) is 0 Å². The van der Waals surface area contributed by atoms with Crippen LogP contribution < -0.4 is 16.0 Å². The summed E-state index contributed by atoms with van der Waals surface area (Å²) in [6, 6.07) is 4.82. The molecular weight excluding hydrogens is 243 g/mol. The number of halogens is 1. The Balaban J connectivity index is 2.32. The van der Waals surface area contributed by atoms with Gasteiger partial charge in [0, 0.05) is 11.6 Å². The molecule has 0 aromatic heterocycles. The second-order valence-electron chi connectivity index (χ2n) is 6.02. The predicted octanol–water partition coefficient (Wildman–Crippen LogP) is 3.17. The second-order valence-corrected chi connectivity index (χ2v) is 6.02. The van der Waals surface area contributed by atoms with Crippen molar-refractivity contribution in [1.82, 2.24) is 5.43 Å². The lowest BCUT2D eigenvalue weighted by molar-refractivity contribution is 0.195. The zero-order valence-corrected chi connectivity index (χ0v) is 11.9. The first kappa shape index (κ1) is 14.3. The van der Waals surface area contributed by atoms with Gasteiger partial charge in [0.1, 0.15) is 11.6 Å². The summed E-state index contributed by atoms with van der Waals surface area (Å²) in [5.41, 5.74) is 3.63. The van der Waals surface area contributed by atoms with Crippen molar-refractivity contribution in [2.45, 2.75) is 39.2 Å². The van der Waals surface area contributed by atoms with Crippen LogP contribution in [0, 0.1) is 17.2 Å². The van der Waals surface area contributed by atoms with Gasteiger partial charge in [0.05, 0.1) is 13.2 Å². The van der Waals surface area contributed by atoms with Crippen molar-refractivity contribution >= 4 is 0 Å². The molecule has 0 bridgehead atoms. The smallest absolute Gasteiger partial charge is 0.131 e. The van der Waals surface area contributed by atoms with E-state index in [2.05, 4.69) is 19.3 Å². The summed E-state index contributed by atoms with van der Waals surface area (Å²) >= 11 is 0. The maximum Gasteiger partial charge on any atom is 0.131 e. The zero-order chi connectivity index (χ0) is 14.0. The molecule has 3 nitrogen and oxygen atoms in total. The van der Waals surface area contributed by atoms with E-state index in [-0.39, 0.29) is 17.3 Å². The normalized spacial score (nSPS) is 23.3. The summed E-state index contributed by atoms with van der Waals surface area (Å²) in [6.07, 6.45) is 3.41. The highest BCUT2D eigenvalue weighted by Crippen LogP contribution is 2.48. The van der Waals surface area contributed by atoms with E-state index in [1.165, 1.54) is 19.6 Å². The number of hydrogen-bond donors (Lipinski definition) is 2. The first-order valence-electron chi connectivity index (χ1n) is 6.79. The maximum absolute atomic E-state index is 14.2. The molecule has 0 radical (unpaired) electrons. The van der Waals surface area contributed by atoms with Crippen LogP contribution in [0.5, 0.6) is 5.75 Å². The molecule has 0 heterocycles. The molecule has 1 aromatic carbocycles. The molecule has 1 fully saturated rings.